The molecular weight excluding hydrogens is 401 g/mol. The van der Waals surface area contributed by atoms with E-state index in [4.69, 9.17) is 0 Å². The highest BCUT2D eigenvalue weighted by atomic mass is 19.4. The summed E-state index contributed by atoms with van der Waals surface area (Å²) >= 11 is 0. The third-order valence-corrected chi connectivity index (χ3v) is 5.47. The summed E-state index contributed by atoms with van der Waals surface area (Å²) in [5, 5.41) is 2.68. The zero-order valence-corrected chi connectivity index (χ0v) is 17.0. The Bertz CT molecular complexity index is 728. The number of likely N-dealkylation sites (tertiary alicyclic amines) is 1. The van der Waals surface area contributed by atoms with Gasteiger partial charge in [0, 0.05) is 45.0 Å². The minimum absolute atomic E-state index is 0.156. The molecule has 2 amide bonds. The van der Waals surface area contributed by atoms with E-state index < -0.39 is 6.36 Å². The number of carbonyl (C=O) groups is 2. The standard InChI is InChI=1S/C20H27F3N4O3/c1-15(19(29)27-8-2-3-9-27)26-12-10-25(11-13-26)14-18(28)24-16-4-6-17(7-5-16)30-20(21,22)23/h4-7,15H,2-3,8-14H2,1H3,(H,24,28). The number of hydrogen-bond acceptors (Lipinski definition) is 5. The van der Waals surface area contributed by atoms with E-state index in [1.807, 2.05) is 16.7 Å². The van der Waals surface area contributed by atoms with Crippen molar-refractivity contribution in [3.63, 3.8) is 0 Å². The van der Waals surface area contributed by atoms with Crippen molar-refractivity contribution in [1.29, 1.82) is 0 Å². The molecule has 0 spiro atoms. The predicted molar refractivity (Wildman–Crippen MR) is 105 cm³/mol. The molecule has 2 saturated heterocycles. The van der Waals surface area contributed by atoms with Crippen LogP contribution in [0, 0.1) is 0 Å². The molecule has 0 saturated carbocycles. The third-order valence-electron chi connectivity index (χ3n) is 5.47. The summed E-state index contributed by atoms with van der Waals surface area (Å²) in [6, 6.07) is 4.88. The minimum atomic E-state index is -4.75. The average molecular weight is 428 g/mol. The lowest BCUT2D eigenvalue weighted by Gasteiger charge is -2.38. The number of benzene rings is 1. The zero-order valence-electron chi connectivity index (χ0n) is 17.0. The molecule has 1 N–H and O–H groups in total. The number of ether oxygens (including phenoxy) is 1. The predicted octanol–water partition coefficient (Wildman–Crippen LogP) is 2.15. The Kier molecular flexibility index (Phi) is 7.19. The number of anilines is 1. The number of nitrogens with one attached hydrogen (secondary N) is 1. The van der Waals surface area contributed by atoms with Gasteiger partial charge in [-0.25, -0.2) is 0 Å². The van der Waals surface area contributed by atoms with E-state index in [2.05, 4.69) is 15.0 Å². The van der Waals surface area contributed by atoms with Crippen molar-refractivity contribution < 1.29 is 27.5 Å². The number of amides is 2. The monoisotopic (exact) mass is 428 g/mol. The van der Waals surface area contributed by atoms with E-state index >= 15 is 0 Å². The number of carbonyl (C=O) groups excluding carboxylic acids is 2. The highest BCUT2D eigenvalue weighted by Gasteiger charge is 2.31. The topological polar surface area (TPSA) is 65.1 Å². The Morgan fingerprint density at radius 3 is 2.20 bits per heavy atom. The van der Waals surface area contributed by atoms with Gasteiger partial charge in [0.1, 0.15) is 5.75 Å². The molecule has 0 aliphatic carbocycles. The van der Waals surface area contributed by atoms with Crippen LogP contribution in [0.15, 0.2) is 24.3 Å². The molecular formula is C20H27F3N4O3. The van der Waals surface area contributed by atoms with Crippen molar-refractivity contribution >= 4 is 17.5 Å². The quantitative estimate of drug-likeness (QED) is 0.752. The summed E-state index contributed by atoms with van der Waals surface area (Å²) in [4.78, 5) is 30.9. The molecule has 2 aliphatic heterocycles. The molecule has 1 aromatic carbocycles. The Balaban J connectivity index is 1.41. The first-order valence-corrected chi connectivity index (χ1v) is 10.1. The molecule has 166 valence electrons. The Labute approximate surface area is 173 Å². The number of alkyl halides is 3. The molecule has 10 heteroatoms. The Morgan fingerprint density at radius 2 is 1.63 bits per heavy atom. The largest absolute Gasteiger partial charge is 0.573 e. The van der Waals surface area contributed by atoms with Crippen molar-refractivity contribution in [3.8, 4) is 5.75 Å². The van der Waals surface area contributed by atoms with Crippen LogP contribution in [0.2, 0.25) is 0 Å². The van der Waals surface area contributed by atoms with Gasteiger partial charge in [-0.3, -0.25) is 19.4 Å². The second-order valence-electron chi connectivity index (χ2n) is 7.64. The van der Waals surface area contributed by atoms with E-state index in [1.165, 1.54) is 12.1 Å². The summed E-state index contributed by atoms with van der Waals surface area (Å²) in [7, 11) is 0. The van der Waals surface area contributed by atoms with Crippen molar-refractivity contribution in [2.45, 2.75) is 32.2 Å². The molecule has 2 fully saturated rings. The summed E-state index contributed by atoms with van der Waals surface area (Å²) in [6.07, 6.45) is -2.61. The van der Waals surface area contributed by atoms with Crippen LogP contribution in [-0.2, 0) is 9.59 Å². The smallest absolute Gasteiger partial charge is 0.406 e. The molecule has 30 heavy (non-hydrogen) atoms. The van der Waals surface area contributed by atoms with E-state index in [0.29, 0.717) is 31.9 Å². The highest BCUT2D eigenvalue weighted by Crippen LogP contribution is 2.24. The fourth-order valence-electron chi connectivity index (χ4n) is 3.81. The lowest BCUT2D eigenvalue weighted by Crippen LogP contribution is -2.55. The fraction of sp³-hybridized carbons (Fsp3) is 0.600. The summed E-state index contributed by atoms with van der Waals surface area (Å²) in [5.74, 6) is -0.403. The normalized spacial score (nSPS) is 19.5. The van der Waals surface area contributed by atoms with Crippen molar-refractivity contribution in [1.82, 2.24) is 14.7 Å². The number of hydrogen-bond donors (Lipinski definition) is 1. The maximum absolute atomic E-state index is 12.5. The number of nitrogens with zero attached hydrogens (tertiary/aromatic N) is 3. The summed E-state index contributed by atoms with van der Waals surface area (Å²) in [5.41, 5.74) is 0.401. The first-order chi connectivity index (χ1) is 14.2. The number of rotatable bonds is 6. The molecule has 3 rings (SSSR count). The van der Waals surface area contributed by atoms with Crippen LogP contribution < -0.4 is 10.1 Å². The molecule has 0 bridgehead atoms. The van der Waals surface area contributed by atoms with E-state index in [9.17, 15) is 22.8 Å². The van der Waals surface area contributed by atoms with Gasteiger partial charge in [0.05, 0.1) is 12.6 Å². The van der Waals surface area contributed by atoms with Gasteiger partial charge in [-0.05, 0) is 44.0 Å². The molecule has 7 nitrogen and oxygen atoms in total. The second kappa shape index (κ2) is 9.65. The van der Waals surface area contributed by atoms with Crippen LogP contribution in [0.5, 0.6) is 5.75 Å². The Hall–Kier alpha value is -2.33. The van der Waals surface area contributed by atoms with Gasteiger partial charge >= 0.3 is 6.36 Å². The third kappa shape index (κ3) is 6.33. The van der Waals surface area contributed by atoms with Crippen LogP contribution in [0.4, 0.5) is 18.9 Å². The van der Waals surface area contributed by atoms with Crippen molar-refractivity contribution in [2.24, 2.45) is 0 Å². The lowest BCUT2D eigenvalue weighted by atomic mass is 10.2. The van der Waals surface area contributed by atoms with Gasteiger partial charge in [0.2, 0.25) is 11.8 Å². The van der Waals surface area contributed by atoms with Gasteiger partial charge in [0.15, 0.2) is 0 Å². The van der Waals surface area contributed by atoms with E-state index in [0.717, 1.165) is 38.1 Å². The molecule has 1 aromatic rings. The Morgan fingerprint density at radius 1 is 1.03 bits per heavy atom. The zero-order chi connectivity index (χ0) is 21.7. The number of piperazine rings is 1. The van der Waals surface area contributed by atoms with Crippen molar-refractivity contribution in [3.05, 3.63) is 24.3 Å². The maximum Gasteiger partial charge on any atom is 0.573 e. The van der Waals surface area contributed by atoms with Gasteiger partial charge in [-0.2, -0.15) is 0 Å². The molecule has 2 aliphatic rings. The van der Waals surface area contributed by atoms with E-state index in [1.54, 1.807) is 0 Å². The van der Waals surface area contributed by atoms with Crippen LogP contribution >= 0.6 is 0 Å². The van der Waals surface area contributed by atoms with Gasteiger partial charge in [0.25, 0.3) is 0 Å². The van der Waals surface area contributed by atoms with Crippen LogP contribution in [0.3, 0.4) is 0 Å². The number of halogens is 3. The van der Waals surface area contributed by atoms with Gasteiger partial charge in [-0.1, -0.05) is 0 Å². The first kappa shape index (κ1) is 22.4. The van der Waals surface area contributed by atoms with Crippen LogP contribution in [0.25, 0.3) is 0 Å². The molecule has 0 radical (unpaired) electrons. The molecule has 1 unspecified atom stereocenters. The molecule has 0 aromatic heterocycles. The summed E-state index contributed by atoms with van der Waals surface area (Å²) in [6.45, 7) is 6.55. The average Bonchev–Trinajstić information content (AvgIpc) is 3.22. The SMILES string of the molecule is CC(C(=O)N1CCCC1)N1CCN(CC(=O)Nc2ccc(OC(F)(F)F)cc2)CC1. The van der Waals surface area contributed by atoms with Gasteiger partial charge in [-0.15, -0.1) is 13.2 Å². The first-order valence-electron chi connectivity index (χ1n) is 10.1. The molecule has 1 atom stereocenters. The fourth-order valence-corrected chi connectivity index (χ4v) is 3.81. The molecule has 2 heterocycles. The highest BCUT2D eigenvalue weighted by molar-refractivity contribution is 5.92. The van der Waals surface area contributed by atoms with Gasteiger partial charge < -0.3 is 15.0 Å². The second-order valence-corrected chi connectivity index (χ2v) is 7.64. The van der Waals surface area contributed by atoms with Crippen molar-refractivity contribution in [2.75, 3.05) is 51.1 Å². The lowest BCUT2D eigenvalue weighted by molar-refractivity contribution is -0.274. The van der Waals surface area contributed by atoms with Crippen LogP contribution in [0.1, 0.15) is 19.8 Å². The maximum atomic E-state index is 12.5. The minimum Gasteiger partial charge on any atom is -0.406 e. The van der Waals surface area contributed by atoms with E-state index in [-0.39, 0.29) is 30.2 Å². The summed E-state index contributed by atoms with van der Waals surface area (Å²) < 4.78 is 40.4. The van der Waals surface area contributed by atoms with Crippen LogP contribution in [-0.4, -0.2) is 84.7 Å².